The maximum Gasteiger partial charge on any atom is 0.326 e. The molecule has 38 heavy (non-hydrogen) atoms. The molecule has 1 aromatic carbocycles. The Hall–Kier alpha value is -3.36. The Morgan fingerprint density at radius 1 is 0.895 bits per heavy atom. The molecule has 0 radical (unpaired) electrons. The monoisotopic (exact) mass is 554 g/mol. The predicted octanol–water partition coefficient (Wildman–Crippen LogP) is -1.44. The average molecular weight is 555 g/mol. The van der Waals surface area contributed by atoms with Crippen LogP contribution in [0.25, 0.3) is 0 Å². The standard InChI is InChI=1S/C24H38N6O7S/c1-38-11-9-17(22(34)30-19(24(36)37)12-14-5-7-15(31)8-6-14)28-23(35)18(13-20(27)32)29-21(33)16(26)4-2-3-10-25/h5-8,16-19,31H,2-4,9-13,25-26H2,1H3,(H2,27,32)(H,28,35)(H,29,33)(H,30,34)(H,36,37). The van der Waals surface area contributed by atoms with Crippen LogP contribution in [0.2, 0.25) is 0 Å². The third-order valence-corrected chi connectivity index (χ3v) is 6.22. The van der Waals surface area contributed by atoms with Gasteiger partial charge < -0.3 is 43.4 Å². The number of nitrogens with one attached hydrogen (secondary N) is 3. The van der Waals surface area contributed by atoms with Crippen molar-refractivity contribution in [3.05, 3.63) is 29.8 Å². The predicted molar refractivity (Wildman–Crippen MR) is 143 cm³/mol. The van der Waals surface area contributed by atoms with Gasteiger partial charge in [-0.1, -0.05) is 18.6 Å². The number of carbonyl (C=O) groups is 5. The summed E-state index contributed by atoms with van der Waals surface area (Å²) in [5.41, 5.74) is 17.1. The minimum Gasteiger partial charge on any atom is -0.508 e. The normalized spacial score (nSPS) is 14.0. The quantitative estimate of drug-likeness (QED) is 0.0982. The number of carboxylic acid groups (broad SMARTS) is 1. The van der Waals surface area contributed by atoms with Gasteiger partial charge in [0.25, 0.3) is 0 Å². The zero-order chi connectivity index (χ0) is 28.7. The van der Waals surface area contributed by atoms with Crippen LogP contribution in [-0.4, -0.2) is 82.5 Å². The van der Waals surface area contributed by atoms with Crippen LogP contribution >= 0.6 is 11.8 Å². The van der Waals surface area contributed by atoms with E-state index in [9.17, 15) is 34.2 Å². The number of nitrogens with two attached hydrogens (primary N) is 3. The lowest BCUT2D eigenvalue weighted by Gasteiger charge is -2.25. The number of phenolic OH excluding ortho intramolecular Hbond substituents is 1. The number of hydrogen-bond acceptors (Lipinski definition) is 9. The van der Waals surface area contributed by atoms with E-state index in [1.54, 1.807) is 6.26 Å². The van der Waals surface area contributed by atoms with E-state index < -0.39 is 60.2 Å². The first kappa shape index (κ1) is 32.7. The molecule has 0 spiro atoms. The van der Waals surface area contributed by atoms with Gasteiger partial charge in [-0.2, -0.15) is 11.8 Å². The average Bonchev–Trinajstić information content (AvgIpc) is 2.86. The minimum atomic E-state index is -1.38. The highest BCUT2D eigenvalue weighted by atomic mass is 32.2. The molecular formula is C24H38N6O7S. The summed E-state index contributed by atoms with van der Waals surface area (Å²) < 4.78 is 0. The van der Waals surface area contributed by atoms with E-state index in [1.807, 2.05) is 0 Å². The van der Waals surface area contributed by atoms with Crippen molar-refractivity contribution in [2.24, 2.45) is 17.2 Å². The summed E-state index contributed by atoms with van der Waals surface area (Å²) in [7, 11) is 0. The summed E-state index contributed by atoms with van der Waals surface area (Å²) in [4.78, 5) is 61.9. The second-order valence-electron chi connectivity index (χ2n) is 8.74. The van der Waals surface area contributed by atoms with Crippen molar-refractivity contribution < 1.29 is 34.2 Å². The number of amides is 4. The van der Waals surface area contributed by atoms with Crippen LogP contribution in [0.5, 0.6) is 5.75 Å². The van der Waals surface area contributed by atoms with Gasteiger partial charge in [0.15, 0.2) is 0 Å². The van der Waals surface area contributed by atoms with Gasteiger partial charge in [0.2, 0.25) is 23.6 Å². The van der Waals surface area contributed by atoms with Crippen LogP contribution in [0.15, 0.2) is 24.3 Å². The van der Waals surface area contributed by atoms with Gasteiger partial charge in [-0.15, -0.1) is 0 Å². The number of phenols is 1. The lowest BCUT2D eigenvalue weighted by atomic mass is 10.0. The Kier molecular flexibility index (Phi) is 14.8. The second kappa shape index (κ2) is 17.2. The molecule has 0 aliphatic heterocycles. The van der Waals surface area contributed by atoms with Crippen molar-refractivity contribution >= 4 is 41.4 Å². The number of rotatable bonds is 18. The van der Waals surface area contributed by atoms with E-state index in [4.69, 9.17) is 17.2 Å². The van der Waals surface area contributed by atoms with Crippen molar-refractivity contribution in [3.63, 3.8) is 0 Å². The van der Waals surface area contributed by atoms with Crippen molar-refractivity contribution in [3.8, 4) is 5.75 Å². The molecule has 1 aromatic rings. The first-order valence-electron chi connectivity index (χ1n) is 12.1. The highest BCUT2D eigenvalue weighted by Gasteiger charge is 2.31. The topological polar surface area (TPSA) is 240 Å². The highest BCUT2D eigenvalue weighted by Crippen LogP contribution is 2.12. The number of primary amides is 1. The van der Waals surface area contributed by atoms with Crippen molar-refractivity contribution in [1.82, 2.24) is 16.0 Å². The summed E-state index contributed by atoms with van der Waals surface area (Å²) in [5.74, 6) is -3.92. The highest BCUT2D eigenvalue weighted by molar-refractivity contribution is 7.98. The molecule has 0 saturated carbocycles. The van der Waals surface area contributed by atoms with Crippen LogP contribution in [0.3, 0.4) is 0 Å². The van der Waals surface area contributed by atoms with Gasteiger partial charge in [0.1, 0.15) is 23.9 Å². The summed E-state index contributed by atoms with van der Waals surface area (Å²) in [6.45, 7) is 0.443. The van der Waals surface area contributed by atoms with Crippen molar-refractivity contribution in [1.29, 1.82) is 0 Å². The van der Waals surface area contributed by atoms with Crippen LogP contribution < -0.4 is 33.2 Å². The van der Waals surface area contributed by atoms with E-state index in [0.717, 1.165) is 0 Å². The maximum atomic E-state index is 13.0. The summed E-state index contributed by atoms with van der Waals surface area (Å²) >= 11 is 1.41. The number of benzene rings is 1. The largest absolute Gasteiger partial charge is 0.508 e. The number of aliphatic carboxylic acids is 1. The van der Waals surface area contributed by atoms with Gasteiger partial charge in [-0.25, -0.2) is 4.79 Å². The molecule has 212 valence electrons. The molecule has 0 aromatic heterocycles. The summed E-state index contributed by atoms with van der Waals surface area (Å²) in [6.07, 6.45) is 2.95. The molecule has 0 fully saturated rings. The molecule has 4 amide bonds. The molecule has 0 aliphatic carbocycles. The summed E-state index contributed by atoms with van der Waals surface area (Å²) in [6, 6.07) is 1.08. The van der Waals surface area contributed by atoms with E-state index in [2.05, 4.69) is 16.0 Å². The molecule has 14 heteroatoms. The van der Waals surface area contributed by atoms with Crippen LogP contribution in [0.4, 0.5) is 0 Å². The number of carboxylic acids is 1. The van der Waals surface area contributed by atoms with E-state index in [-0.39, 0.29) is 18.6 Å². The number of thioether (sulfide) groups is 1. The van der Waals surface area contributed by atoms with E-state index >= 15 is 0 Å². The zero-order valence-corrected chi connectivity index (χ0v) is 22.2. The molecule has 1 rings (SSSR count). The zero-order valence-electron chi connectivity index (χ0n) is 21.4. The van der Waals surface area contributed by atoms with E-state index in [1.165, 1.54) is 36.0 Å². The van der Waals surface area contributed by atoms with Gasteiger partial charge in [0.05, 0.1) is 12.5 Å². The lowest BCUT2D eigenvalue weighted by molar-refractivity contribution is -0.142. The lowest BCUT2D eigenvalue weighted by Crippen LogP contribution is -2.58. The number of hydrogen-bond donors (Lipinski definition) is 8. The van der Waals surface area contributed by atoms with Gasteiger partial charge in [0, 0.05) is 6.42 Å². The second-order valence-corrected chi connectivity index (χ2v) is 9.72. The van der Waals surface area contributed by atoms with Crippen molar-refractivity contribution in [2.45, 2.75) is 62.7 Å². The SMILES string of the molecule is CSCCC(NC(=O)C(CC(N)=O)NC(=O)C(N)CCCCN)C(=O)NC(Cc1ccc(O)cc1)C(=O)O. The Morgan fingerprint density at radius 3 is 2.03 bits per heavy atom. The maximum absolute atomic E-state index is 13.0. The number of unbranched alkanes of at least 4 members (excludes halogenated alkanes) is 1. The molecule has 4 atom stereocenters. The molecule has 0 saturated heterocycles. The van der Waals surface area contributed by atoms with Crippen LogP contribution in [0, 0.1) is 0 Å². The smallest absolute Gasteiger partial charge is 0.326 e. The molecular weight excluding hydrogens is 516 g/mol. The Bertz CT molecular complexity index is 947. The first-order valence-corrected chi connectivity index (χ1v) is 13.5. The van der Waals surface area contributed by atoms with Crippen LogP contribution in [-0.2, 0) is 30.4 Å². The Morgan fingerprint density at radius 2 is 1.47 bits per heavy atom. The summed E-state index contributed by atoms with van der Waals surface area (Å²) in [5, 5.41) is 26.4. The molecule has 0 aliphatic rings. The fraction of sp³-hybridized carbons (Fsp3) is 0.542. The van der Waals surface area contributed by atoms with Crippen LogP contribution in [0.1, 0.15) is 37.7 Å². The number of carbonyl (C=O) groups excluding carboxylic acids is 4. The first-order chi connectivity index (χ1) is 18.0. The van der Waals surface area contributed by atoms with Crippen molar-refractivity contribution in [2.75, 3.05) is 18.6 Å². The third kappa shape index (κ3) is 12.3. The molecule has 0 heterocycles. The van der Waals surface area contributed by atoms with E-state index in [0.29, 0.717) is 37.1 Å². The number of aromatic hydroxyl groups is 1. The third-order valence-electron chi connectivity index (χ3n) is 5.58. The van der Waals surface area contributed by atoms with Gasteiger partial charge >= 0.3 is 5.97 Å². The Labute approximate surface area is 225 Å². The molecule has 0 bridgehead atoms. The van der Waals surface area contributed by atoms with Gasteiger partial charge in [-0.3, -0.25) is 19.2 Å². The molecule has 11 N–H and O–H groups in total. The molecule has 13 nitrogen and oxygen atoms in total. The fourth-order valence-electron chi connectivity index (χ4n) is 3.45. The fourth-order valence-corrected chi connectivity index (χ4v) is 3.92. The molecule has 4 unspecified atom stereocenters. The Balaban J connectivity index is 2.96. The minimum absolute atomic E-state index is 0.0126. The van der Waals surface area contributed by atoms with Gasteiger partial charge in [-0.05, 0) is 55.5 Å².